The lowest BCUT2D eigenvalue weighted by atomic mass is 10.00. The second-order valence-corrected chi connectivity index (χ2v) is 8.38. The van der Waals surface area contributed by atoms with Gasteiger partial charge in [0.15, 0.2) is 0 Å². The Morgan fingerprint density at radius 3 is 2.46 bits per heavy atom. The number of fused-ring (bicyclic) bond motifs is 2. The number of halogens is 2. The fraction of sp³-hybridized carbons (Fsp3) is 0.278. The number of aryl methyl sites for hydroxylation is 1. The highest BCUT2D eigenvalue weighted by Crippen LogP contribution is 2.31. The molecule has 1 N–H and O–H groups in total. The van der Waals surface area contributed by atoms with Crippen LogP contribution >= 0.6 is 0 Å². The first-order valence-electron chi connectivity index (χ1n) is 8.25. The van der Waals surface area contributed by atoms with Gasteiger partial charge in [0.2, 0.25) is 15.9 Å². The van der Waals surface area contributed by atoms with Crippen LogP contribution in [0.2, 0.25) is 0 Å². The van der Waals surface area contributed by atoms with Crippen molar-refractivity contribution in [3.8, 4) is 0 Å². The van der Waals surface area contributed by atoms with Crippen LogP contribution in [0.3, 0.4) is 0 Å². The molecule has 0 saturated heterocycles. The van der Waals surface area contributed by atoms with Crippen molar-refractivity contribution >= 4 is 21.6 Å². The molecule has 2 aromatic carbocycles. The highest BCUT2D eigenvalue weighted by molar-refractivity contribution is 7.89. The molecule has 2 aliphatic heterocycles. The molecule has 0 saturated carbocycles. The number of sulfonamides is 1. The van der Waals surface area contributed by atoms with Crippen LogP contribution in [0.1, 0.15) is 23.1 Å². The van der Waals surface area contributed by atoms with E-state index in [-0.39, 0.29) is 41.4 Å². The third kappa shape index (κ3) is 2.79. The maximum atomic E-state index is 14.0. The number of carbonyl (C=O) groups is 1. The minimum atomic E-state index is -3.85. The van der Waals surface area contributed by atoms with E-state index >= 15 is 0 Å². The first-order valence-corrected chi connectivity index (χ1v) is 9.69. The molecule has 2 aliphatic rings. The Kier molecular flexibility index (Phi) is 4.04. The topological polar surface area (TPSA) is 66.5 Å². The van der Waals surface area contributed by atoms with Crippen LogP contribution in [0.5, 0.6) is 0 Å². The molecule has 0 radical (unpaired) electrons. The van der Waals surface area contributed by atoms with Crippen LogP contribution in [0.25, 0.3) is 0 Å². The lowest BCUT2D eigenvalue weighted by Crippen LogP contribution is -2.37. The molecule has 0 aliphatic carbocycles. The third-order valence-electron chi connectivity index (χ3n) is 4.87. The number of hydrogen-bond donors (Lipinski definition) is 1. The van der Waals surface area contributed by atoms with Crippen molar-refractivity contribution in [2.24, 2.45) is 0 Å². The van der Waals surface area contributed by atoms with Gasteiger partial charge in [0.1, 0.15) is 11.6 Å². The van der Waals surface area contributed by atoms with Crippen molar-refractivity contribution in [3.05, 3.63) is 58.7 Å². The molecule has 136 valence electrons. The van der Waals surface area contributed by atoms with Gasteiger partial charge in [-0.05, 0) is 54.3 Å². The molecule has 4 rings (SSSR count). The Morgan fingerprint density at radius 1 is 0.962 bits per heavy atom. The fourth-order valence-corrected chi connectivity index (χ4v) is 4.90. The number of nitrogens with one attached hydrogen (secondary N) is 1. The second-order valence-electron chi connectivity index (χ2n) is 6.44. The van der Waals surface area contributed by atoms with Gasteiger partial charge in [-0.1, -0.05) is 0 Å². The van der Waals surface area contributed by atoms with E-state index in [1.54, 1.807) is 12.1 Å². The summed E-state index contributed by atoms with van der Waals surface area (Å²) >= 11 is 0. The smallest absolute Gasteiger partial charge is 0.243 e. The number of carbonyl (C=O) groups excluding carboxylic acids is 1. The SMILES string of the molecule is O=C1CCc2cc(S(=O)(=O)N3CCc4c(F)ccc(F)c4C3)ccc2N1. The molecule has 8 heteroatoms. The first kappa shape index (κ1) is 17.1. The molecular formula is C18H16F2N2O3S. The molecule has 0 aromatic heterocycles. The Balaban J connectivity index is 1.68. The van der Waals surface area contributed by atoms with E-state index < -0.39 is 21.7 Å². The standard InChI is InChI=1S/C18H16F2N2O3S/c19-15-3-4-16(20)14-10-22(8-7-13(14)15)26(24,25)12-2-5-17-11(9-12)1-6-18(23)21-17/h2-5,9H,1,6-8,10H2,(H,21,23). The van der Waals surface area contributed by atoms with Crippen molar-refractivity contribution in [2.75, 3.05) is 11.9 Å². The van der Waals surface area contributed by atoms with Gasteiger partial charge in [0, 0.05) is 30.8 Å². The van der Waals surface area contributed by atoms with Crippen LogP contribution in [0.15, 0.2) is 35.2 Å². The molecule has 2 aromatic rings. The molecular weight excluding hydrogens is 362 g/mol. The molecule has 2 heterocycles. The van der Waals surface area contributed by atoms with Crippen LogP contribution in [0, 0.1) is 11.6 Å². The number of hydrogen-bond acceptors (Lipinski definition) is 3. The summed E-state index contributed by atoms with van der Waals surface area (Å²) in [5.74, 6) is -1.21. The summed E-state index contributed by atoms with van der Waals surface area (Å²) in [6, 6.07) is 6.62. The quantitative estimate of drug-likeness (QED) is 0.874. The van der Waals surface area contributed by atoms with Gasteiger partial charge in [0.05, 0.1) is 4.90 Å². The van der Waals surface area contributed by atoms with Crippen LogP contribution < -0.4 is 5.32 Å². The Labute approximate surface area is 149 Å². The molecule has 0 spiro atoms. The number of nitrogens with zero attached hydrogens (tertiary/aromatic N) is 1. The van der Waals surface area contributed by atoms with E-state index in [9.17, 15) is 22.0 Å². The first-order chi connectivity index (χ1) is 12.4. The van der Waals surface area contributed by atoms with Gasteiger partial charge in [-0.25, -0.2) is 17.2 Å². The number of benzene rings is 2. The minimum absolute atomic E-state index is 0.0868. The van der Waals surface area contributed by atoms with Crippen molar-refractivity contribution in [1.29, 1.82) is 0 Å². The van der Waals surface area contributed by atoms with E-state index in [1.807, 2.05) is 0 Å². The highest BCUT2D eigenvalue weighted by atomic mass is 32.2. The highest BCUT2D eigenvalue weighted by Gasteiger charge is 2.31. The number of anilines is 1. The maximum absolute atomic E-state index is 14.0. The summed E-state index contributed by atoms with van der Waals surface area (Å²) in [6.07, 6.45) is 0.893. The average molecular weight is 378 g/mol. The Morgan fingerprint density at radius 2 is 1.69 bits per heavy atom. The van der Waals surface area contributed by atoms with E-state index in [0.717, 1.165) is 17.7 Å². The van der Waals surface area contributed by atoms with Gasteiger partial charge in [-0.15, -0.1) is 0 Å². The maximum Gasteiger partial charge on any atom is 0.243 e. The average Bonchev–Trinajstić information content (AvgIpc) is 2.64. The van der Waals surface area contributed by atoms with Gasteiger partial charge >= 0.3 is 0 Å². The van der Waals surface area contributed by atoms with Gasteiger partial charge in [-0.2, -0.15) is 4.31 Å². The number of rotatable bonds is 2. The normalized spacial score (nSPS) is 17.4. The summed E-state index contributed by atoms with van der Waals surface area (Å²) in [6.45, 7) is -0.112. The van der Waals surface area contributed by atoms with E-state index in [2.05, 4.69) is 5.32 Å². The summed E-state index contributed by atoms with van der Waals surface area (Å²) in [5.41, 5.74) is 1.69. The summed E-state index contributed by atoms with van der Waals surface area (Å²) in [4.78, 5) is 11.5. The van der Waals surface area contributed by atoms with Crippen LogP contribution in [-0.2, 0) is 34.2 Å². The van der Waals surface area contributed by atoms with Crippen molar-refractivity contribution in [2.45, 2.75) is 30.7 Å². The Hall–Kier alpha value is -2.32. The molecule has 0 bridgehead atoms. The lowest BCUT2D eigenvalue weighted by molar-refractivity contribution is -0.116. The summed E-state index contributed by atoms with van der Waals surface area (Å²) < 4.78 is 55.0. The summed E-state index contributed by atoms with van der Waals surface area (Å²) in [7, 11) is -3.85. The predicted octanol–water partition coefficient (Wildman–Crippen LogP) is 2.60. The molecule has 0 unspecified atom stereocenters. The Bertz CT molecular complexity index is 1020. The van der Waals surface area contributed by atoms with Crippen molar-refractivity contribution in [1.82, 2.24) is 4.31 Å². The monoisotopic (exact) mass is 378 g/mol. The van der Waals surface area contributed by atoms with E-state index in [0.29, 0.717) is 18.5 Å². The summed E-state index contributed by atoms with van der Waals surface area (Å²) in [5, 5.41) is 2.71. The zero-order valence-electron chi connectivity index (χ0n) is 13.8. The molecule has 26 heavy (non-hydrogen) atoms. The van der Waals surface area contributed by atoms with Gasteiger partial charge < -0.3 is 5.32 Å². The van der Waals surface area contributed by atoms with Crippen molar-refractivity contribution < 1.29 is 22.0 Å². The zero-order chi connectivity index (χ0) is 18.5. The van der Waals surface area contributed by atoms with E-state index in [4.69, 9.17) is 0 Å². The molecule has 0 fully saturated rings. The number of amides is 1. The lowest BCUT2D eigenvalue weighted by Gasteiger charge is -2.29. The van der Waals surface area contributed by atoms with E-state index in [1.165, 1.54) is 10.4 Å². The molecule has 5 nitrogen and oxygen atoms in total. The van der Waals surface area contributed by atoms with Crippen LogP contribution in [0.4, 0.5) is 14.5 Å². The van der Waals surface area contributed by atoms with Crippen LogP contribution in [-0.4, -0.2) is 25.2 Å². The van der Waals surface area contributed by atoms with Gasteiger partial charge in [0.25, 0.3) is 0 Å². The molecule has 0 atom stereocenters. The predicted molar refractivity (Wildman–Crippen MR) is 91.1 cm³/mol. The molecule has 1 amide bonds. The fourth-order valence-electron chi connectivity index (χ4n) is 3.44. The largest absolute Gasteiger partial charge is 0.326 e. The third-order valence-corrected chi connectivity index (χ3v) is 6.71. The van der Waals surface area contributed by atoms with Crippen molar-refractivity contribution in [3.63, 3.8) is 0 Å². The minimum Gasteiger partial charge on any atom is -0.326 e. The second kappa shape index (κ2) is 6.14. The van der Waals surface area contributed by atoms with Gasteiger partial charge in [-0.3, -0.25) is 4.79 Å². The zero-order valence-corrected chi connectivity index (χ0v) is 14.6.